The highest BCUT2D eigenvalue weighted by atomic mass is 35.5. The van der Waals surface area contributed by atoms with Crippen LogP contribution in [0.15, 0.2) is 42.6 Å². The van der Waals surface area contributed by atoms with Crippen LogP contribution in [-0.2, 0) is 7.05 Å². The van der Waals surface area contributed by atoms with Crippen molar-refractivity contribution >= 4 is 40.1 Å². The maximum absolute atomic E-state index is 11.3. The first-order valence-corrected chi connectivity index (χ1v) is 7.01. The fraction of sp³-hybridized carbons (Fsp3) is 0.0625. The highest BCUT2D eigenvalue weighted by molar-refractivity contribution is 6.36. The van der Waals surface area contributed by atoms with E-state index in [4.69, 9.17) is 23.2 Å². The third-order valence-corrected chi connectivity index (χ3v) is 4.01. The summed E-state index contributed by atoms with van der Waals surface area (Å²) in [5.41, 5.74) is 2.82. The number of hydrogen-bond donors (Lipinski definition) is 1. The molecule has 0 aliphatic heterocycles. The van der Waals surface area contributed by atoms with Crippen molar-refractivity contribution in [3.05, 3.63) is 58.2 Å². The summed E-state index contributed by atoms with van der Waals surface area (Å²) in [5.74, 6) is -0.944. The molecule has 0 aliphatic carbocycles. The van der Waals surface area contributed by atoms with E-state index in [0.717, 1.165) is 16.6 Å². The third kappa shape index (κ3) is 2.39. The SMILES string of the molecule is Cn1cc(C(=O)O)c2cc(-c3ccc(Cl)cc3Cl)ccc21. The van der Waals surface area contributed by atoms with Crippen LogP contribution in [0.5, 0.6) is 0 Å². The number of rotatable bonds is 2. The smallest absolute Gasteiger partial charge is 0.337 e. The van der Waals surface area contributed by atoms with Gasteiger partial charge in [0.2, 0.25) is 0 Å². The fourth-order valence-electron chi connectivity index (χ4n) is 2.45. The van der Waals surface area contributed by atoms with E-state index in [2.05, 4.69) is 0 Å². The van der Waals surface area contributed by atoms with Crippen molar-refractivity contribution in [2.45, 2.75) is 0 Å². The lowest BCUT2D eigenvalue weighted by Crippen LogP contribution is -1.94. The van der Waals surface area contributed by atoms with Gasteiger partial charge in [-0.25, -0.2) is 4.79 Å². The quantitative estimate of drug-likeness (QED) is 0.733. The zero-order chi connectivity index (χ0) is 15.1. The molecule has 5 heteroatoms. The van der Waals surface area contributed by atoms with Crippen LogP contribution >= 0.6 is 23.2 Å². The van der Waals surface area contributed by atoms with Gasteiger partial charge in [-0.3, -0.25) is 0 Å². The lowest BCUT2D eigenvalue weighted by Gasteiger charge is -2.06. The molecule has 0 fully saturated rings. The molecular formula is C16H11Cl2NO2. The number of nitrogens with zero attached hydrogens (tertiary/aromatic N) is 1. The number of benzene rings is 2. The molecule has 2 aromatic carbocycles. The monoisotopic (exact) mass is 319 g/mol. The molecule has 1 N–H and O–H groups in total. The van der Waals surface area contributed by atoms with E-state index in [1.807, 2.05) is 31.3 Å². The molecule has 3 rings (SSSR count). The first-order chi connectivity index (χ1) is 9.97. The second kappa shape index (κ2) is 5.10. The van der Waals surface area contributed by atoms with Crippen molar-refractivity contribution in [3.8, 4) is 11.1 Å². The van der Waals surface area contributed by atoms with E-state index in [-0.39, 0.29) is 5.56 Å². The van der Waals surface area contributed by atoms with Crippen LogP contribution in [0.25, 0.3) is 22.0 Å². The van der Waals surface area contributed by atoms with E-state index in [1.165, 1.54) is 0 Å². The second-order valence-electron chi connectivity index (χ2n) is 4.81. The number of aromatic carboxylic acids is 1. The summed E-state index contributed by atoms with van der Waals surface area (Å²) in [5, 5.41) is 11.1. The molecule has 0 saturated carbocycles. The number of aromatic nitrogens is 1. The van der Waals surface area contributed by atoms with Crippen LogP contribution in [0.2, 0.25) is 10.0 Å². The Labute approximate surface area is 131 Å². The van der Waals surface area contributed by atoms with Crippen molar-refractivity contribution in [3.63, 3.8) is 0 Å². The first kappa shape index (κ1) is 14.0. The predicted molar refractivity (Wildman–Crippen MR) is 85.3 cm³/mol. The Bertz CT molecular complexity index is 868. The first-order valence-electron chi connectivity index (χ1n) is 6.25. The van der Waals surface area contributed by atoms with Gasteiger partial charge in [0.25, 0.3) is 0 Å². The maximum atomic E-state index is 11.3. The molecule has 0 bridgehead atoms. The molecule has 106 valence electrons. The van der Waals surface area contributed by atoms with Crippen LogP contribution in [-0.4, -0.2) is 15.6 Å². The summed E-state index contributed by atoms with van der Waals surface area (Å²) in [6.45, 7) is 0. The molecule has 0 spiro atoms. The van der Waals surface area contributed by atoms with E-state index < -0.39 is 5.97 Å². The Hall–Kier alpha value is -1.97. The third-order valence-electron chi connectivity index (χ3n) is 3.46. The number of fused-ring (bicyclic) bond motifs is 1. The van der Waals surface area contributed by atoms with Gasteiger partial charge in [-0.15, -0.1) is 0 Å². The summed E-state index contributed by atoms with van der Waals surface area (Å²) in [4.78, 5) is 11.3. The number of carboxylic acid groups (broad SMARTS) is 1. The van der Waals surface area contributed by atoms with Crippen LogP contribution in [0.3, 0.4) is 0 Å². The average molecular weight is 320 g/mol. The van der Waals surface area contributed by atoms with Gasteiger partial charge in [0, 0.05) is 39.8 Å². The second-order valence-corrected chi connectivity index (χ2v) is 5.66. The van der Waals surface area contributed by atoms with Gasteiger partial charge in [0.15, 0.2) is 0 Å². The lowest BCUT2D eigenvalue weighted by atomic mass is 10.0. The summed E-state index contributed by atoms with van der Waals surface area (Å²) in [6.07, 6.45) is 1.61. The zero-order valence-electron chi connectivity index (χ0n) is 11.1. The van der Waals surface area contributed by atoms with Crippen LogP contribution in [0, 0.1) is 0 Å². The minimum Gasteiger partial charge on any atom is -0.478 e. The summed E-state index contributed by atoms with van der Waals surface area (Å²) < 4.78 is 1.80. The largest absolute Gasteiger partial charge is 0.478 e. The van der Waals surface area contributed by atoms with E-state index in [0.29, 0.717) is 15.4 Å². The van der Waals surface area contributed by atoms with Gasteiger partial charge in [-0.2, -0.15) is 0 Å². The molecule has 0 saturated heterocycles. The average Bonchev–Trinajstić information content (AvgIpc) is 2.76. The Morgan fingerprint density at radius 2 is 1.90 bits per heavy atom. The highest BCUT2D eigenvalue weighted by Crippen LogP contribution is 2.33. The Kier molecular flexibility index (Phi) is 3.40. The molecule has 21 heavy (non-hydrogen) atoms. The molecule has 1 heterocycles. The molecule has 1 aromatic heterocycles. The molecule has 0 unspecified atom stereocenters. The number of halogens is 2. The van der Waals surface area contributed by atoms with Crippen molar-refractivity contribution in [1.29, 1.82) is 0 Å². The number of carboxylic acids is 1. The molecule has 0 aliphatic rings. The van der Waals surface area contributed by atoms with Crippen LogP contribution < -0.4 is 0 Å². The van der Waals surface area contributed by atoms with Gasteiger partial charge in [-0.1, -0.05) is 35.3 Å². The van der Waals surface area contributed by atoms with E-state index in [9.17, 15) is 9.90 Å². The standard InChI is InChI=1S/C16H11Cl2NO2/c1-19-8-13(16(20)21)12-6-9(2-5-15(12)19)11-4-3-10(17)7-14(11)18/h2-8H,1H3,(H,20,21). The zero-order valence-corrected chi connectivity index (χ0v) is 12.6. The van der Waals surface area contributed by atoms with Crippen molar-refractivity contribution in [1.82, 2.24) is 4.57 Å². The Morgan fingerprint density at radius 3 is 2.57 bits per heavy atom. The Balaban J connectivity index is 2.25. The lowest BCUT2D eigenvalue weighted by molar-refractivity contribution is 0.0699. The van der Waals surface area contributed by atoms with Crippen molar-refractivity contribution in [2.75, 3.05) is 0 Å². The molecule has 3 nitrogen and oxygen atoms in total. The predicted octanol–water partition coefficient (Wildman–Crippen LogP) is 4.85. The summed E-state index contributed by atoms with van der Waals surface area (Å²) >= 11 is 12.1. The fourth-order valence-corrected chi connectivity index (χ4v) is 2.97. The molecular weight excluding hydrogens is 309 g/mol. The highest BCUT2D eigenvalue weighted by Gasteiger charge is 2.14. The summed E-state index contributed by atoms with van der Waals surface area (Å²) in [6, 6.07) is 10.9. The van der Waals surface area contributed by atoms with E-state index >= 15 is 0 Å². The summed E-state index contributed by atoms with van der Waals surface area (Å²) in [7, 11) is 1.82. The normalized spacial score (nSPS) is 11.0. The molecule has 0 atom stereocenters. The molecule has 0 amide bonds. The van der Waals surface area contributed by atoms with Crippen LogP contribution in [0.1, 0.15) is 10.4 Å². The topological polar surface area (TPSA) is 42.2 Å². The molecule has 0 radical (unpaired) electrons. The van der Waals surface area contributed by atoms with Crippen molar-refractivity contribution < 1.29 is 9.90 Å². The molecule has 3 aromatic rings. The van der Waals surface area contributed by atoms with Gasteiger partial charge in [-0.05, 0) is 29.8 Å². The van der Waals surface area contributed by atoms with Crippen LogP contribution in [0.4, 0.5) is 0 Å². The van der Waals surface area contributed by atoms with Gasteiger partial charge in [0.05, 0.1) is 5.56 Å². The van der Waals surface area contributed by atoms with Gasteiger partial charge >= 0.3 is 5.97 Å². The maximum Gasteiger partial charge on any atom is 0.337 e. The minimum absolute atomic E-state index is 0.277. The number of aryl methyl sites for hydroxylation is 1. The van der Waals surface area contributed by atoms with E-state index in [1.54, 1.807) is 22.9 Å². The van der Waals surface area contributed by atoms with Gasteiger partial charge < -0.3 is 9.67 Å². The minimum atomic E-state index is -0.944. The number of hydrogen-bond acceptors (Lipinski definition) is 1. The van der Waals surface area contributed by atoms with Gasteiger partial charge in [0.1, 0.15) is 0 Å². The Morgan fingerprint density at radius 1 is 1.14 bits per heavy atom. The van der Waals surface area contributed by atoms with Crippen molar-refractivity contribution in [2.24, 2.45) is 7.05 Å². The number of carbonyl (C=O) groups is 1.